The SMILES string of the molecule is Cl.Cl.N#CC[C@@H](c1ccc(F)cc1Cl)N1CCNCC1. The van der Waals surface area contributed by atoms with E-state index in [0.717, 1.165) is 31.7 Å². The van der Waals surface area contributed by atoms with Crippen molar-refractivity contribution in [2.45, 2.75) is 12.5 Å². The largest absolute Gasteiger partial charge is 0.314 e. The second kappa shape index (κ2) is 9.38. The van der Waals surface area contributed by atoms with Gasteiger partial charge in [-0.1, -0.05) is 17.7 Å². The molecule has 1 atom stereocenters. The number of piperazine rings is 1. The average Bonchev–Trinajstić information content (AvgIpc) is 2.38. The normalized spacial score (nSPS) is 16.4. The van der Waals surface area contributed by atoms with Crippen LogP contribution in [0.15, 0.2) is 18.2 Å². The maximum absolute atomic E-state index is 13.1. The van der Waals surface area contributed by atoms with Gasteiger partial charge in [-0.05, 0) is 17.7 Å². The van der Waals surface area contributed by atoms with Gasteiger partial charge in [-0.15, -0.1) is 24.8 Å². The highest BCUT2D eigenvalue weighted by atomic mass is 35.5. The van der Waals surface area contributed by atoms with Crippen LogP contribution in [0.3, 0.4) is 0 Å². The molecule has 2 rings (SSSR count). The van der Waals surface area contributed by atoms with Crippen LogP contribution < -0.4 is 5.32 Å². The highest BCUT2D eigenvalue weighted by Gasteiger charge is 2.23. The minimum absolute atomic E-state index is 0. The highest BCUT2D eigenvalue weighted by molar-refractivity contribution is 6.31. The molecular weight excluding hydrogens is 324 g/mol. The molecule has 0 spiro atoms. The Hall–Kier alpha value is -0.570. The van der Waals surface area contributed by atoms with Gasteiger partial charge in [0.2, 0.25) is 0 Å². The Morgan fingerprint density at radius 3 is 2.55 bits per heavy atom. The van der Waals surface area contributed by atoms with Crippen molar-refractivity contribution in [2.24, 2.45) is 0 Å². The molecule has 1 N–H and O–H groups in total. The van der Waals surface area contributed by atoms with E-state index in [0.29, 0.717) is 11.4 Å². The second-order valence-electron chi connectivity index (χ2n) is 4.33. The van der Waals surface area contributed by atoms with Crippen LogP contribution in [0, 0.1) is 17.1 Å². The number of nitriles is 1. The van der Waals surface area contributed by atoms with Crippen LogP contribution in [0.5, 0.6) is 0 Å². The first kappa shape index (κ1) is 19.4. The van der Waals surface area contributed by atoms with E-state index in [2.05, 4.69) is 16.3 Å². The monoisotopic (exact) mass is 339 g/mol. The van der Waals surface area contributed by atoms with E-state index in [1.807, 2.05) is 0 Å². The van der Waals surface area contributed by atoms with Gasteiger partial charge in [-0.3, -0.25) is 4.90 Å². The first-order valence-electron chi connectivity index (χ1n) is 5.99. The number of halogens is 4. The summed E-state index contributed by atoms with van der Waals surface area (Å²) >= 11 is 6.09. The van der Waals surface area contributed by atoms with Crippen molar-refractivity contribution >= 4 is 36.4 Å². The van der Waals surface area contributed by atoms with Crippen LogP contribution in [0.2, 0.25) is 5.02 Å². The molecule has 0 radical (unpaired) electrons. The fourth-order valence-corrected chi connectivity index (χ4v) is 2.58. The summed E-state index contributed by atoms with van der Waals surface area (Å²) in [6.45, 7) is 3.56. The molecule has 1 aliphatic heterocycles. The average molecular weight is 341 g/mol. The van der Waals surface area contributed by atoms with Gasteiger partial charge in [0.1, 0.15) is 5.82 Å². The van der Waals surface area contributed by atoms with E-state index < -0.39 is 0 Å². The number of nitrogens with one attached hydrogen (secondary N) is 1. The maximum Gasteiger partial charge on any atom is 0.124 e. The zero-order valence-electron chi connectivity index (χ0n) is 10.8. The van der Waals surface area contributed by atoms with Crippen molar-refractivity contribution < 1.29 is 4.39 Å². The van der Waals surface area contributed by atoms with Crippen LogP contribution in [0.1, 0.15) is 18.0 Å². The molecule has 1 saturated heterocycles. The molecule has 0 aliphatic carbocycles. The third-order valence-electron chi connectivity index (χ3n) is 3.20. The Kier molecular flexibility index (Phi) is 9.11. The number of benzene rings is 1. The van der Waals surface area contributed by atoms with Gasteiger partial charge in [0.25, 0.3) is 0 Å². The van der Waals surface area contributed by atoms with Crippen LogP contribution in [-0.2, 0) is 0 Å². The quantitative estimate of drug-likeness (QED) is 0.918. The van der Waals surface area contributed by atoms with Gasteiger partial charge in [-0.25, -0.2) is 4.39 Å². The molecule has 1 aromatic rings. The van der Waals surface area contributed by atoms with Crippen LogP contribution >= 0.6 is 36.4 Å². The van der Waals surface area contributed by atoms with Crippen molar-refractivity contribution in [2.75, 3.05) is 26.2 Å². The Morgan fingerprint density at radius 1 is 1.35 bits per heavy atom. The van der Waals surface area contributed by atoms with Gasteiger partial charge >= 0.3 is 0 Å². The lowest BCUT2D eigenvalue weighted by Gasteiger charge is -2.34. The van der Waals surface area contributed by atoms with Crippen molar-refractivity contribution in [3.63, 3.8) is 0 Å². The number of nitrogens with zero attached hydrogens (tertiary/aromatic N) is 2. The topological polar surface area (TPSA) is 39.1 Å². The predicted molar refractivity (Wildman–Crippen MR) is 83.3 cm³/mol. The summed E-state index contributed by atoms with van der Waals surface area (Å²) < 4.78 is 13.1. The molecule has 1 fully saturated rings. The van der Waals surface area contributed by atoms with Crippen LogP contribution in [-0.4, -0.2) is 31.1 Å². The lowest BCUT2D eigenvalue weighted by atomic mass is 10.0. The van der Waals surface area contributed by atoms with Crippen molar-refractivity contribution in [3.8, 4) is 6.07 Å². The van der Waals surface area contributed by atoms with Gasteiger partial charge in [-0.2, -0.15) is 5.26 Å². The third-order valence-corrected chi connectivity index (χ3v) is 3.53. The lowest BCUT2D eigenvalue weighted by Crippen LogP contribution is -2.45. The van der Waals surface area contributed by atoms with Gasteiger partial charge < -0.3 is 5.32 Å². The first-order chi connectivity index (χ1) is 8.72. The maximum atomic E-state index is 13.1. The minimum Gasteiger partial charge on any atom is -0.314 e. The molecule has 1 aromatic carbocycles. The van der Waals surface area contributed by atoms with Crippen LogP contribution in [0.4, 0.5) is 4.39 Å². The van der Waals surface area contributed by atoms with Gasteiger partial charge in [0.05, 0.1) is 12.5 Å². The molecule has 0 amide bonds. The molecule has 0 unspecified atom stereocenters. The highest BCUT2D eigenvalue weighted by Crippen LogP contribution is 2.30. The fraction of sp³-hybridized carbons (Fsp3) is 0.462. The van der Waals surface area contributed by atoms with Gasteiger partial charge in [0, 0.05) is 37.2 Å². The van der Waals surface area contributed by atoms with E-state index >= 15 is 0 Å². The standard InChI is InChI=1S/C13H15ClFN3.2ClH/c14-12-9-10(15)1-2-11(12)13(3-4-16)18-7-5-17-6-8-18;;/h1-2,9,13,17H,3,5-8H2;2*1H/t13-;;/m0../s1. The second-order valence-corrected chi connectivity index (χ2v) is 4.74. The Labute approximate surface area is 135 Å². The number of rotatable bonds is 3. The molecule has 0 saturated carbocycles. The third kappa shape index (κ3) is 4.76. The molecule has 112 valence electrons. The van der Waals surface area contributed by atoms with E-state index in [4.69, 9.17) is 16.9 Å². The first-order valence-corrected chi connectivity index (χ1v) is 6.37. The molecule has 0 bridgehead atoms. The Bertz CT molecular complexity index is 459. The zero-order valence-corrected chi connectivity index (χ0v) is 13.2. The molecule has 1 heterocycles. The van der Waals surface area contributed by atoms with Crippen molar-refractivity contribution in [1.82, 2.24) is 10.2 Å². The lowest BCUT2D eigenvalue weighted by molar-refractivity contribution is 0.175. The summed E-state index contributed by atoms with van der Waals surface area (Å²) in [7, 11) is 0. The summed E-state index contributed by atoms with van der Waals surface area (Å²) in [6, 6.07) is 6.53. The van der Waals surface area contributed by atoms with E-state index in [9.17, 15) is 4.39 Å². The summed E-state index contributed by atoms with van der Waals surface area (Å²) in [5.74, 6) is -0.347. The fourth-order valence-electron chi connectivity index (χ4n) is 2.29. The van der Waals surface area contributed by atoms with E-state index in [-0.39, 0.29) is 36.7 Å². The molecule has 20 heavy (non-hydrogen) atoms. The predicted octanol–water partition coefficient (Wildman–Crippen LogP) is 3.18. The number of hydrogen-bond donors (Lipinski definition) is 1. The summed E-state index contributed by atoms with van der Waals surface area (Å²) in [5, 5.41) is 12.6. The van der Waals surface area contributed by atoms with Crippen molar-refractivity contribution in [1.29, 1.82) is 5.26 Å². The van der Waals surface area contributed by atoms with E-state index in [1.165, 1.54) is 12.1 Å². The molecule has 7 heteroatoms. The van der Waals surface area contributed by atoms with Gasteiger partial charge in [0.15, 0.2) is 0 Å². The molecule has 1 aliphatic rings. The summed E-state index contributed by atoms with van der Waals surface area (Å²) in [4.78, 5) is 2.22. The zero-order chi connectivity index (χ0) is 13.0. The smallest absolute Gasteiger partial charge is 0.124 e. The Balaban J connectivity index is 0.00000180. The minimum atomic E-state index is -0.347. The Morgan fingerprint density at radius 2 is 2.00 bits per heavy atom. The number of hydrogen-bond acceptors (Lipinski definition) is 3. The molecule has 3 nitrogen and oxygen atoms in total. The summed E-state index contributed by atoms with van der Waals surface area (Å²) in [6.07, 6.45) is 0.366. The van der Waals surface area contributed by atoms with E-state index in [1.54, 1.807) is 6.07 Å². The summed E-state index contributed by atoms with van der Waals surface area (Å²) in [5.41, 5.74) is 0.835. The van der Waals surface area contributed by atoms with Crippen molar-refractivity contribution in [3.05, 3.63) is 34.6 Å². The van der Waals surface area contributed by atoms with Crippen LogP contribution in [0.25, 0.3) is 0 Å². The molecule has 0 aromatic heterocycles. The molecular formula is C13H17Cl3FN3.